The number of carbonyl (C=O) groups is 2. The molecular weight excluding hydrogens is 344 g/mol. The minimum Gasteiger partial charge on any atom is -0.488 e. The van der Waals surface area contributed by atoms with Gasteiger partial charge in [-0.3, -0.25) is 4.79 Å². The van der Waals surface area contributed by atoms with Crippen molar-refractivity contribution in [1.82, 2.24) is 0 Å². The van der Waals surface area contributed by atoms with Gasteiger partial charge in [-0.15, -0.1) is 0 Å². The molecule has 0 bridgehead atoms. The lowest BCUT2D eigenvalue weighted by atomic mass is 9.97. The number of nitrogens with zero attached hydrogens (tertiary/aromatic N) is 2. The number of hydrogen-bond donors (Lipinski definition) is 0. The predicted octanol–water partition coefficient (Wildman–Crippen LogP) is 3.69. The molecule has 0 unspecified atom stereocenters. The van der Waals surface area contributed by atoms with E-state index >= 15 is 0 Å². The summed E-state index contributed by atoms with van der Waals surface area (Å²) in [5.41, 5.74) is 10.1. The van der Waals surface area contributed by atoms with Crippen LogP contribution in [0.2, 0.25) is 0 Å². The molecule has 27 heavy (non-hydrogen) atoms. The molecule has 6 nitrogen and oxygen atoms in total. The van der Waals surface area contributed by atoms with Gasteiger partial charge in [0.2, 0.25) is 0 Å². The van der Waals surface area contributed by atoms with Gasteiger partial charge in [0.05, 0.1) is 12.7 Å². The first-order valence-electron chi connectivity index (χ1n) is 8.17. The van der Waals surface area contributed by atoms with Crippen LogP contribution >= 0.6 is 0 Å². The Kier molecular flexibility index (Phi) is 5.40. The lowest BCUT2D eigenvalue weighted by Crippen LogP contribution is -2.08. The Balaban J connectivity index is 2.11. The fraction of sp³-hybridized carbons (Fsp3) is 0.0952. The van der Waals surface area contributed by atoms with Crippen LogP contribution in [0.1, 0.15) is 26.3 Å². The predicted molar refractivity (Wildman–Crippen MR) is 100 cm³/mol. The van der Waals surface area contributed by atoms with E-state index in [4.69, 9.17) is 15.0 Å². The van der Waals surface area contributed by atoms with Crippen molar-refractivity contribution < 1.29 is 23.9 Å². The summed E-state index contributed by atoms with van der Waals surface area (Å²) < 4.78 is 10.7. The highest BCUT2D eigenvalue weighted by atomic mass is 16.5. The fourth-order valence-corrected chi connectivity index (χ4v) is 2.78. The van der Waals surface area contributed by atoms with Gasteiger partial charge in [-0.1, -0.05) is 42.5 Å². The summed E-state index contributed by atoms with van der Waals surface area (Å²) in [6.07, 6.45) is 0.785. The number of esters is 1. The van der Waals surface area contributed by atoms with E-state index in [-0.39, 0.29) is 11.1 Å². The standard InChI is InChI=1S/C21H16N2O4/c1-26-21(25)15-10-17(19(24)12-23-22)16-8-5-9-20(18(16)11-15)27-13-14-6-3-2-4-7-14/h2-12H,13H2,1H3. The molecule has 0 saturated carbocycles. The smallest absolute Gasteiger partial charge is 0.337 e. The van der Waals surface area contributed by atoms with Crippen LogP contribution in [0.4, 0.5) is 0 Å². The van der Waals surface area contributed by atoms with E-state index in [0.717, 1.165) is 11.8 Å². The van der Waals surface area contributed by atoms with Gasteiger partial charge in [-0.25, -0.2) is 4.79 Å². The van der Waals surface area contributed by atoms with Crippen molar-refractivity contribution in [2.24, 2.45) is 0 Å². The summed E-state index contributed by atoms with van der Waals surface area (Å²) >= 11 is 0. The first kappa shape index (κ1) is 18.0. The number of Topliss-reactive ketones (excluding diaryl/α,β-unsaturated/α-hetero) is 1. The van der Waals surface area contributed by atoms with Gasteiger partial charge < -0.3 is 15.0 Å². The Bertz CT molecular complexity index is 1050. The molecule has 0 radical (unpaired) electrons. The first-order chi connectivity index (χ1) is 13.1. The zero-order valence-electron chi connectivity index (χ0n) is 14.6. The molecule has 3 aromatic rings. The molecule has 0 atom stereocenters. The van der Waals surface area contributed by atoms with Gasteiger partial charge in [-0.05, 0) is 29.1 Å². The second kappa shape index (κ2) is 8.08. The maximum absolute atomic E-state index is 12.3. The highest BCUT2D eigenvalue weighted by Crippen LogP contribution is 2.30. The number of ether oxygens (including phenoxy) is 2. The minimum absolute atomic E-state index is 0.204. The largest absolute Gasteiger partial charge is 0.488 e. The van der Waals surface area contributed by atoms with E-state index in [9.17, 15) is 9.59 Å². The first-order valence-corrected chi connectivity index (χ1v) is 8.17. The Morgan fingerprint density at radius 1 is 1.04 bits per heavy atom. The zero-order valence-corrected chi connectivity index (χ0v) is 14.6. The number of benzene rings is 3. The molecule has 0 aliphatic rings. The minimum atomic E-state index is -0.579. The third kappa shape index (κ3) is 3.92. The Hall–Kier alpha value is -3.76. The van der Waals surface area contributed by atoms with Crippen LogP contribution in [0, 0.1) is 0 Å². The van der Waals surface area contributed by atoms with Crippen molar-refractivity contribution >= 4 is 28.7 Å². The number of carbonyl (C=O) groups excluding carboxylic acids is 2. The molecule has 134 valence electrons. The molecule has 3 rings (SSSR count). The van der Waals surface area contributed by atoms with E-state index < -0.39 is 11.8 Å². The maximum atomic E-state index is 12.3. The van der Waals surface area contributed by atoms with Gasteiger partial charge in [0.25, 0.3) is 5.78 Å². The fourth-order valence-electron chi connectivity index (χ4n) is 2.78. The molecule has 3 aromatic carbocycles. The van der Waals surface area contributed by atoms with Crippen LogP contribution in [0.5, 0.6) is 5.75 Å². The van der Waals surface area contributed by atoms with E-state index in [1.807, 2.05) is 30.3 Å². The van der Waals surface area contributed by atoms with Gasteiger partial charge >= 0.3 is 12.2 Å². The van der Waals surface area contributed by atoms with Crippen molar-refractivity contribution in [2.45, 2.75) is 6.61 Å². The Labute approximate surface area is 155 Å². The van der Waals surface area contributed by atoms with Crippen LogP contribution in [0.15, 0.2) is 60.7 Å². The molecule has 6 heteroatoms. The summed E-state index contributed by atoms with van der Waals surface area (Å²) in [5.74, 6) is -0.588. The lowest BCUT2D eigenvalue weighted by molar-refractivity contribution is 0.00235. The average Bonchev–Trinajstić information content (AvgIpc) is 2.71. The van der Waals surface area contributed by atoms with Crippen LogP contribution in [0.25, 0.3) is 16.3 Å². The molecule has 0 aliphatic heterocycles. The molecule has 0 amide bonds. The molecule has 0 N–H and O–H groups in total. The number of methoxy groups -OCH3 is 1. The number of rotatable bonds is 6. The summed E-state index contributed by atoms with van der Waals surface area (Å²) in [4.78, 5) is 27.1. The quantitative estimate of drug-likeness (QED) is 0.220. The second-order valence-corrected chi connectivity index (χ2v) is 5.75. The van der Waals surface area contributed by atoms with Gasteiger partial charge in [0.1, 0.15) is 12.4 Å². The summed E-state index contributed by atoms with van der Waals surface area (Å²) in [6.45, 7) is 0.337. The number of ketones is 1. The molecule has 0 aliphatic carbocycles. The van der Waals surface area contributed by atoms with Crippen molar-refractivity contribution in [3.05, 3.63) is 82.9 Å². The van der Waals surface area contributed by atoms with Crippen molar-refractivity contribution in [2.75, 3.05) is 7.11 Å². The number of hydrogen-bond acceptors (Lipinski definition) is 4. The molecular formula is C21H16N2O4. The summed E-state index contributed by atoms with van der Waals surface area (Å²) in [5, 5.41) is 1.17. The molecule has 0 fully saturated rings. The van der Waals surface area contributed by atoms with E-state index in [1.54, 1.807) is 24.3 Å². The van der Waals surface area contributed by atoms with Crippen LogP contribution in [-0.4, -0.2) is 29.9 Å². The normalized spacial score (nSPS) is 10.1. The van der Waals surface area contributed by atoms with Crippen molar-refractivity contribution in [3.8, 4) is 5.75 Å². The molecule has 0 spiro atoms. The van der Waals surface area contributed by atoms with Gasteiger partial charge in [-0.2, -0.15) is 4.79 Å². The van der Waals surface area contributed by atoms with E-state index in [2.05, 4.69) is 4.79 Å². The van der Waals surface area contributed by atoms with Crippen LogP contribution < -0.4 is 4.74 Å². The average molecular weight is 360 g/mol. The summed E-state index contributed by atoms with van der Waals surface area (Å²) in [7, 11) is 1.26. The van der Waals surface area contributed by atoms with Gasteiger partial charge in [0, 0.05) is 10.9 Å². The highest BCUT2D eigenvalue weighted by molar-refractivity contribution is 6.37. The topological polar surface area (TPSA) is 89.0 Å². The third-order valence-corrected chi connectivity index (χ3v) is 4.05. The highest BCUT2D eigenvalue weighted by Gasteiger charge is 2.18. The van der Waals surface area contributed by atoms with Crippen LogP contribution in [0.3, 0.4) is 0 Å². The van der Waals surface area contributed by atoms with Crippen molar-refractivity contribution in [1.29, 1.82) is 0 Å². The molecule has 0 aromatic heterocycles. The lowest BCUT2D eigenvalue weighted by Gasteiger charge is -2.12. The van der Waals surface area contributed by atoms with E-state index in [0.29, 0.717) is 23.1 Å². The maximum Gasteiger partial charge on any atom is 0.337 e. The van der Waals surface area contributed by atoms with E-state index in [1.165, 1.54) is 13.2 Å². The van der Waals surface area contributed by atoms with Crippen molar-refractivity contribution in [3.63, 3.8) is 0 Å². The summed E-state index contributed by atoms with van der Waals surface area (Å²) in [6, 6.07) is 17.9. The second-order valence-electron chi connectivity index (χ2n) is 5.75. The molecule has 0 heterocycles. The number of fused-ring (bicyclic) bond motifs is 1. The van der Waals surface area contributed by atoms with Crippen LogP contribution in [-0.2, 0) is 11.3 Å². The molecule has 0 saturated heterocycles. The monoisotopic (exact) mass is 360 g/mol. The SMILES string of the molecule is COC(=O)c1cc(C(=O)C=[N+]=[N-])c2cccc(OCc3ccccc3)c2c1. The third-order valence-electron chi connectivity index (χ3n) is 4.05. The zero-order chi connectivity index (χ0) is 19.2. The Morgan fingerprint density at radius 3 is 2.52 bits per heavy atom. The Morgan fingerprint density at radius 2 is 1.81 bits per heavy atom. The van der Waals surface area contributed by atoms with Gasteiger partial charge in [0.15, 0.2) is 0 Å².